The lowest BCUT2D eigenvalue weighted by atomic mass is 9.68. The van der Waals surface area contributed by atoms with Crippen LogP contribution in [0.2, 0.25) is 0 Å². The van der Waals surface area contributed by atoms with Gasteiger partial charge in [-0.05, 0) is 34.1 Å². The van der Waals surface area contributed by atoms with Crippen LogP contribution in [-0.4, -0.2) is 29.0 Å². The summed E-state index contributed by atoms with van der Waals surface area (Å²) in [6.07, 6.45) is 12.1. The minimum Gasteiger partial charge on any atom is -0.297 e. The predicted molar refractivity (Wildman–Crippen MR) is 101 cm³/mol. The summed E-state index contributed by atoms with van der Waals surface area (Å²) >= 11 is 0. The molecule has 0 unspecified atom stereocenters. The number of ketones is 1. The van der Waals surface area contributed by atoms with E-state index in [1.54, 1.807) is 27.7 Å². The number of Topliss-reactive ketones (excluding diaryl/α,β-unsaturated/α-hetero) is 1. The van der Waals surface area contributed by atoms with Crippen molar-refractivity contribution in [2.75, 3.05) is 6.54 Å². The van der Waals surface area contributed by atoms with Crippen molar-refractivity contribution in [3.8, 4) is 0 Å². The fourth-order valence-electron chi connectivity index (χ4n) is 3.70. The lowest BCUT2D eigenvalue weighted by molar-refractivity contribution is -0.170. The molecule has 2 amide bonds. The van der Waals surface area contributed by atoms with Gasteiger partial charge in [-0.2, -0.15) is 0 Å². The molecule has 1 rings (SSSR count). The highest BCUT2D eigenvalue weighted by Gasteiger charge is 2.56. The summed E-state index contributed by atoms with van der Waals surface area (Å²) in [6, 6.07) is 0. The SMILES string of the molecule is CCCCCCCCCCCCN1C(=O)C(C)(C)C(=O)C(C)(C)C1=O. The Balaban J connectivity index is 2.33. The van der Waals surface area contributed by atoms with Crippen molar-refractivity contribution < 1.29 is 14.4 Å². The largest absolute Gasteiger partial charge is 0.297 e. The molecule has 4 nitrogen and oxygen atoms in total. The van der Waals surface area contributed by atoms with Gasteiger partial charge in [0.1, 0.15) is 10.8 Å². The van der Waals surface area contributed by atoms with Gasteiger partial charge in [-0.25, -0.2) is 0 Å². The van der Waals surface area contributed by atoms with Gasteiger partial charge in [-0.15, -0.1) is 0 Å². The van der Waals surface area contributed by atoms with Crippen LogP contribution >= 0.6 is 0 Å². The Morgan fingerprint density at radius 3 is 1.40 bits per heavy atom. The zero-order valence-electron chi connectivity index (χ0n) is 17.0. The topological polar surface area (TPSA) is 54.5 Å². The van der Waals surface area contributed by atoms with Gasteiger partial charge in [-0.1, -0.05) is 64.7 Å². The highest BCUT2D eigenvalue weighted by molar-refractivity contribution is 6.24. The molecule has 25 heavy (non-hydrogen) atoms. The Bertz CT molecular complexity index is 450. The molecule has 0 aliphatic carbocycles. The number of carbonyl (C=O) groups is 3. The van der Waals surface area contributed by atoms with E-state index in [0.29, 0.717) is 6.54 Å². The molecule has 4 heteroatoms. The Kier molecular flexibility index (Phi) is 8.30. The van der Waals surface area contributed by atoms with Crippen molar-refractivity contribution in [3.05, 3.63) is 0 Å². The molecule has 0 atom stereocenters. The van der Waals surface area contributed by atoms with Crippen molar-refractivity contribution >= 4 is 17.6 Å². The molecule has 0 bridgehead atoms. The van der Waals surface area contributed by atoms with Crippen LogP contribution in [0, 0.1) is 10.8 Å². The van der Waals surface area contributed by atoms with E-state index in [4.69, 9.17) is 0 Å². The van der Waals surface area contributed by atoms with Crippen LogP contribution in [0.3, 0.4) is 0 Å². The minimum atomic E-state index is -1.10. The Hall–Kier alpha value is -1.19. The van der Waals surface area contributed by atoms with Crippen LogP contribution in [0.4, 0.5) is 0 Å². The first kappa shape index (κ1) is 21.9. The summed E-state index contributed by atoms with van der Waals surface area (Å²) in [7, 11) is 0. The molecule has 0 N–H and O–H groups in total. The second kappa shape index (κ2) is 9.49. The van der Waals surface area contributed by atoms with Gasteiger partial charge in [0.05, 0.1) is 0 Å². The highest BCUT2D eigenvalue weighted by Crippen LogP contribution is 2.38. The molecule has 1 aliphatic rings. The van der Waals surface area contributed by atoms with E-state index >= 15 is 0 Å². The average Bonchev–Trinajstić information content (AvgIpc) is 2.57. The van der Waals surface area contributed by atoms with Gasteiger partial charge < -0.3 is 0 Å². The van der Waals surface area contributed by atoms with Crippen LogP contribution in [0.1, 0.15) is 98.8 Å². The van der Waals surface area contributed by atoms with E-state index in [2.05, 4.69) is 6.92 Å². The first-order valence-electron chi connectivity index (χ1n) is 10.1. The van der Waals surface area contributed by atoms with Gasteiger partial charge >= 0.3 is 0 Å². The Labute approximate surface area is 153 Å². The van der Waals surface area contributed by atoms with Gasteiger partial charge in [0, 0.05) is 6.54 Å². The molecular formula is C21H37NO3. The number of likely N-dealkylation sites (tertiary alicyclic amines) is 1. The molecule has 0 radical (unpaired) electrons. The summed E-state index contributed by atoms with van der Waals surface area (Å²) < 4.78 is 0. The van der Waals surface area contributed by atoms with E-state index in [9.17, 15) is 14.4 Å². The standard InChI is InChI=1S/C21H37NO3/c1-6-7-8-9-10-11-12-13-14-15-16-22-18(24)20(2,3)17(23)21(4,5)19(22)25/h6-16H2,1-5H3. The van der Waals surface area contributed by atoms with E-state index < -0.39 is 10.8 Å². The normalized spacial score (nSPS) is 19.6. The van der Waals surface area contributed by atoms with Gasteiger partial charge in [0.15, 0.2) is 5.78 Å². The number of nitrogens with zero attached hydrogens (tertiary/aromatic N) is 1. The molecule has 0 aromatic rings. The second-order valence-electron chi connectivity index (χ2n) is 8.52. The maximum absolute atomic E-state index is 12.5. The van der Waals surface area contributed by atoms with Crippen LogP contribution in [-0.2, 0) is 14.4 Å². The first-order valence-corrected chi connectivity index (χ1v) is 10.1. The van der Waals surface area contributed by atoms with Crippen LogP contribution in [0.25, 0.3) is 0 Å². The minimum absolute atomic E-state index is 0.269. The zero-order chi connectivity index (χ0) is 19.1. The maximum atomic E-state index is 12.5. The smallest absolute Gasteiger partial charge is 0.242 e. The third kappa shape index (κ3) is 5.39. The lowest BCUT2D eigenvalue weighted by Crippen LogP contribution is -2.62. The summed E-state index contributed by atoms with van der Waals surface area (Å²) in [4.78, 5) is 38.8. The monoisotopic (exact) mass is 351 g/mol. The predicted octanol–water partition coefficient (Wildman–Crippen LogP) is 4.90. The van der Waals surface area contributed by atoms with Gasteiger partial charge in [0.25, 0.3) is 0 Å². The van der Waals surface area contributed by atoms with Gasteiger partial charge in [0.2, 0.25) is 11.8 Å². The molecule has 144 valence electrons. The molecule has 0 spiro atoms. The third-order valence-corrected chi connectivity index (χ3v) is 5.43. The van der Waals surface area contributed by atoms with Crippen molar-refractivity contribution in [1.82, 2.24) is 4.90 Å². The van der Waals surface area contributed by atoms with E-state index in [1.807, 2.05) is 0 Å². The maximum Gasteiger partial charge on any atom is 0.242 e. The van der Waals surface area contributed by atoms with Crippen LogP contribution in [0.15, 0.2) is 0 Å². The number of hydrogen-bond acceptors (Lipinski definition) is 3. The fraction of sp³-hybridized carbons (Fsp3) is 0.857. The summed E-state index contributed by atoms with van der Waals surface area (Å²) in [5.41, 5.74) is -2.20. The van der Waals surface area contributed by atoms with E-state index in [1.165, 1.54) is 49.8 Å². The van der Waals surface area contributed by atoms with Gasteiger partial charge in [-0.3, -0.25) is 19.3 Å². The summed E-state index contributed by atoms with van der Waals surface area (Å²) in [5.74, 6) is -0.940. The number of hydrogen-bond donors (Lipinski definition) is 0. The second-order valence-corrected chi connectivity index (χ2v) is 8.52. The number of unbranched alkanes of at least 4 members (excludes halogenated alkanes) is 9. The first-order chi connectivity index (χ1) is 11.7. The molecule has 0 aromatic heterocycles. The van der Waals surface area contributed by atoms with Crippen molar-refractivity contribution in [2.24, 2.45) is 10.8 Å². The van der Waals surface area contributed by atoms with E-state index in [0.717, 1.165) is 19.3 Å². The zero-order valence-corrected chi connectivity index (χ0v) is 17.0. The Morgan fingerprint density at radius 1 is 0.640 bits per heavy atom. The molecule has 1 heterocycles. The van der Waals surface area contributed by atoms with Crippen molar-refractivity contribution in [3.63, 3.8) is 0 Å². The van der Waals surface area contributed by atoms with Crippen LogP contribution < -0.4 is 0 Å². The fourth-order valence-corrected chi connectivity index (χ4v) is 3.70. The Morgan fingerprint density at radius 2 is 1.00 bits per heavy atom. The van der Waals surface area contributed by atoms with Crippen molar-refractivity contribution in [2.45, 2.75) is 98.8 Å². The number of rotatable bonds is 11. The third-order valence-electron chi connectivity index (χ3n) is 5.43. The number of carbonyl (C=O) groups excluding carboxylic acids is 3. The summed E-state index contributed by atoms with van der Waals surface area (Å²) in [5, 5.41) is 0. The lowest BCUT2D eigenvalue weighted by Gasteiger charge is -2.42. The number of amides is 2. The molecule has 1 saturated heterocycles. The average molecular weight is 352 g/mol. The molecule has 1 aliphatic heterocycles. The molecule has 1 fully saturated rings. The summed E-state index contributed by atoms with van der Waals surface area (Å²) in [6.45, 7) is 9.22. The van der Waals surface area contributed by atoms with E-state index in [-0.39, 0.29) is 17.6 Å². The van der Waals surface area contributed by atoms with Crippen molar-refractivity contribution in [1.29, 1.82) is 0 Å². The van der Waals surface area contributed by atoms with Crippen LogP contribution in [0.5, 0.6) is 0 Å². The highest BCUT2D eigenvalue weighted by atomic mass is 16.2. The molecule has 0 aromatic carbocycles. The quantitative estimate of drug-likeness (QED) is 0.302. The molecular weight excluding hydrogens is 314 g/mol. The number of imide groups is 1. The molecule has 0 saturated carbocycles. The number of piperidine rings is 1.